The van der Waals surface area contributed by atoms with E-state index in [0.717, 1.165) is 30.6 Å². The minimum absolute atomic E-state index is 0.0727. The average molecular weight is 347 g/mol. The molecule has 0 aromatic heterocycles. The summed E-state index contributed by atoms with van der Waals surface area (Å²) in [4.78, 5) is 26.1. The van der Waals surface area contributed by atoms with E-state index in [0.29, 0.717) is 30.5 Å². The highest BCUT2D eigenvalue weighted by molar-refractivity contribution is 5.96. The lowest BCUT2D eigenvalue weighted by molar-refractivity contribution is -0.119. The zero-order valence-corrected chi connectivity index (χ0v) is 14.6. The molecule has 5 heteroatoms. The number of rotatable bonds is 5. The summed E-state index contributed by atoms with van der Waals surface area (Å²) in [6.45, 7) is 0.731. The molecule has 2 amide bonds. The second kappa shape index (κ2) is 8.30. The smallest absolute Gasteiger partial charge is 0.226 e. The summed E-state index contributed by atoms with van der Waals surface area (Å²) in [5.74, 6) is 0.0667. The van der Waals surface area contributed by atoms with Gasteiger partial charge in [-0.15, -0.1) is 0 Å². The highest BCUT2D eigenvalue weighted by Crippen LogP contribution is 2.24. The zero-order valence-electron chi connectivity index (χ0n) is 14.6. The highest BCUT2D eigenvalue weighted by atomic mass is 16.2. The Morgan fingerprint density at radius 1 is 1.15 bits per heavy atom. The molecule has 0 bridgehead atoms. The number of nitriles is 1. The van der Waals surface area contributed by atoms with E-state index in [1.807, 2.05) is 36.4 Å². The first-order valence-corrected chi connectivity index (χ1v) is 8.85. The number of carbonyl (C=O) groups is 2. The molecule has 3 rings (SSSR count). The molecule has 1 heterocycles. The Morgan fingerprint density at radius 2 is 1.96 bits per heavy atom. The normalized spacial score (nSPS) is 14.0. The third kappa shape index (κ3) is 4.48. The van der Waals surface area contributed by atoms with Gasteiger partial charge < -0.3 is 10.2 Å². The SMILES string of the molecule is N#Cc1ccc(CCC(=O)Nc2cccc(N3CCCCC3=O)c2)cc1. The van der Waals surface area contributed by atoms with Gasteiger partial charge in [0.2, 0.25) is 11.8 Å². The number of nitrogens with zero attached hydrogens (tertiary/aromatic N) is 2. The topological polar surface area (TPSA) is 73.2 Å². The van der Waals surface area contributed by atoms with Gasteiger partial charge in [-0.3, -0.25) is 9.59 Å². The molecule has 0 spiro atoms. The van der Waals surface area contributed by atoms with Crippen LogP contribution in [0.2, 0.25) is 0 Å². The van der Waals surface area contributed by atoms with Crippen LogP contribution < -0.4 is 10.2 Å². The first-order valence-electron chi connectivity index (χ1n) is 8.85. The predicted octanol–water partition coefficient (Wildman–Crippen LogP) is 3.65. The number of anilines is 2. The van der Waals surface area contributed by atoms with E-state index in [1.54, 1.807) is 17.0 Å². The number of hydrogen-bond donors (Lipinski definition) is 1. The molecule has 2 aromatic rings. The number of benzene rings is 2. The summed E-state index contributed by atoms with van der Waals surface area (Å²) in [6, 6.07) is 16.8. The average Bonchev–Trinajstić information content (AvgIpc) is 2.67. The molecule has 0 radical (unpaired) electrons. The summed E-state index contributed by atoms with van der Waals surface area (Å²) in [6.07, 6.45) is 3.51. The van der Waals surface area contributed by atoms with Crippen LogP contribution in [-0.4, -0.2) is 18.4 Å². The molecule has 132 valence electrons. The Hall–Kier alpha value is -3.13. The van der Waals surface area contributed by atoms with Crippen molar-refractivity contribution in [1.29, 1.82) is 5.26 Å². The van der Waals surface area contributed by atoms with Crippen LogP contribution in [0.25, 0.3) is 0 Å². The van der Waals surface area contributed by atoms with Crippen LogP contribution in [0.15, 0.2) is 48.5 Å². The van der Waals surface area contributed by atoms with Gasteiger partial charge in [0.15, 0.2) is 0 Å². The Balaban J connectivity index is 1.57. The van der Waals surface area contributed by atoms with Crippen LogP contribution in [-0.2, 0) is 16.0 Å². The number of aryl methyl sites for hydroxylation is 1. The van der Waals surface area contributed by atoms with E-state index >= 15 is 0 Å². The molecule has 0 unspecified atom stereocenters. The number of hydrogen-bond acceptors (Lipinski definition) is 3. The standard InChI is InChI=1S/C21H21N3O2/c22-15-17-9-7-16(8-10-17)11-12-20(25)23-18-4-3-5-19(14-18)24-13-2-1-6-21(24)26/h3-5,7-10,14H,1-2,6,11-13H2,(H,23,25). The molecule has 1 fully saturated rings. The molecular formula is C21H21N3O2. The first kappa shape index (κ1) is 17.7. The maximum Gasteiger partial charge on any atom is 0.226 e. The summed E-state index contributed by atoms with van der Waals surface area (Å²) in [5, 5.41) is 11.7. The fourth-order valence-electron chi connectivity index (χ4n) is 3.06. The molecular weight excluding hydrogens is 326 g/mol. The number of carbonyl (C=O) groups excluding carboxylic acids is 2. The maximum atomic E-state index is 12.2. The van der Waals surface area contributed by atoms with Gasteiger partial charge in [0.1, 0.15) is 0 Å². The van der Waals surface area contributed by atoms with Gasteiger partial charge in [0, 0.05) is 30.8 Å². The number of piperidine rings is 1. The van der Waals surface area contributed by atoms with E-state index in [1.165, 1.54) is 0 Å². The van der Waals surface area contributed by atoms with Gasteiger partial charge in [0.25, 0.3) is 0 Å². The molecule has 1 aliphatic rings. The van der Waals surface area contributed by atoms with Crippen molar-refractivity contribution >= 4 is 23.2 Å². The van der Waals surface area contributed by atoms with E-state index < -0.39 is 0 Å². The summed E-state index contributed by atoms with van der Waals surface area (Å²) < 4.78 is 0. The van der Waals surface area contributed by atoms with Gasteiger partial charge in [-0.25, -0.2) is 0 Å². The Kier molecular flexibility index (Phi) is 5.65. The lowest BCUT2D eigenvalue weighted by Crippen LogP contribution is -2.35. The second-order valence-electron chi connectivity index (χ2n) is 6.41. The van der Waals surface area contributed by atoms with Crippen molar-refractivity contribution < 1.29 is 9.59 Å². The van der Waals surface area contributed by atoms with Crippen LogP contribution in [0.5, 0.6) is 0 Å². The minimum atomic E-state index is -0.0727. The fourth-order valence-corrected chi connectivity index (χ4v) is 3.06. The van der Waals surface area contributed by atoms with Crippen LogP contribution in [0, 0.1) is 11.3 Å². The van der Waals surface area contributed by atoms with Crippen molar-refractivity contribution in [2.75, 3.05) is 16.8 Å². The van der Waals surface area contributed by atoms with E-state index in [4.69, 9.17) is 5.26 Å². The molecule has 5 nitrogen and oxygen atoms in total. The molecule has 0 saturated carbocycles. The van der Waals surface area contributed by atoms with Crippen LogP contribution in [0.4, 0.5) is 11.4 Å². The Morgan fingerprint density at radius 3 is 2.69 bits per heavy atom. The molecule has 1 aliphatic heterocycles. The van der Waals surface area contributed by atoms with Gasteiger partial charge in [-0.2, -0.15) is 5.26 Å². The zero-order chi connectivity index (χ0) is 18.4. The third-order valence-electron chi connectivity index (χ3n) is 4.49. The largest absolute Gasteiger partial charge is 0.326 e. The molecule has 0 atom stereocenters. The van der Waals surface area contributed by atoms with Gasteiger partial charge in [-0.1, -0.05) is 18.2 Å². The molecule has 1 N–H and O–H groups in total. The Bertz CT molecular complexity index is 837. The highest BCUT2D eigenvalue weighted by Gasteiger charge is 2.19. The predicted molar refractivity (Wildman–Crippen MR) is 101 cm³/mol. The first-order chi connectivity index (χ1) is 12.7. The lowest BCUT2D eigenvalue weighted by atomic mass is 10.1. The van der Waals surface area contributed by atoms with Crippen molar-refractivity contribution in [2.24, 2.45) is 0 Å². The van der Waals surface area contributed by atoms with E-state index in [2.05, 4.69) is 11.4 Å². The van der Waals surface area contributed by atoms with Crippen LogP contribution in [0.3, 0.4) is 0 Å². The van der Waals surface area contributed by atoms with Crippen molar-refractivity contribution in [3.05, 3.63) is 59.7 Å². The van der Waals surface area contributed by atoms with Gasteiger partial charge >= 0.3 is 0 Å². The van der Waals surface area contributed by atoms with Crippen molar-refractivity contribution in [2.45, 2.75) is 32.1 Å². The van der Waals surface area contributed by atoms with E-state index in [9.17, 15) is 9.59 Å². The third-order valence-corrected chi connectivity index (χ3v) is 4.49. The summed E-state index contributed by atoms with van der Waals surface area (Å²) in [5.41, 5.74) is 3.17. The summed E-state index contributed by atoms with van der Waals surface area (Å²) in [7, 11) is 0. The van der Waals surface area contributed by atoms with Crippen molar-refractivity contribution in [3.8, 4) is 6.07 Å². The fraction of sp³-hybridized carbons (Fsp3) is 0.286. The quantitative estimate of drug-likeness (QED) is 0.897. The van der Waals surface area contributed by atoms with E-state index in [-0.39, 0.29) is 11.8 Å². The van der Waals surface area contributed by atoms with Crippen molar-refractivity contribution in [3.63, 3.8) is 0 Å². The second-order valence-corrected chi connectivity index (χ2v) is 6.41. The minimum Gasteiger partial charge on any atom is -0.326 e. The van der Waals surface area contributed by atoms with Crippen LogP contribution >= 0.6 is 0 Å². The molecule has 2 aromatic carbocycles. The number of nitrogens with one attached hydrogen (secondary N) is 1. The monoisotopic (exact) mass is 347 g/mol. The van der Waals surface area contributed by atoms with Gasteiger partial charge in [0.05, 0.1) is 11.6 Å². The molecule has 0 aliphatic carbocycles. The van der Waals surface area contributed by atoms with Crippen LogP contribution in [0.1, 0.15) is 36.8 Å². The van der Waals surface area contributed by atoms with Gasteiger partial charge in [-0.05, 0) is 55.2 Å². The lowest BCUT2D eigenvalue weighted by Gasteiger charge is -2.27. The summed E-state index contributed by atoms with van der Waals surface area (Å²) >= 11 is 0. The van der Waals surface area contributed by atoms with Crippen molar-refractivity contribution in [1.82, 2.24) is 0 Å². The number of amides is 2. The Labute approximate surface area is 153 Å². The maximum absolute atomic E-state index is 12.2. The molecule has 26 heavy (non-hydrogen) atoms. The molecule has 1 saturated heterocycles.